The minimum absolute atomic E-state index is 0.191. The zero-order valence-electron chi connectivity index (χ0n) is 22.1. The molecule has 0 aliphatic heterocycles. The van der Waals surface area contributed by atoms with E-state index in [2.05, 4.69) is 19.1 Å². The van der Waals surface area contributed by atoms with Gasteiger partial charge in [-0.15, -0.1) is 0 Å². The minimum atomic E-state index is -1.62. The Kier molecular flexibility index (Phi) is 8.71. The number of aliphatic hydroxyl groups is 3. The normalized spacial score (nSPS) is 35.6. The third-order valence-electron chi connectivity index (χ3n) is 8.86. The van der Waals surface area contributed by atoms with E-state index in [-0.39, 0.29) is 17.9 Å². The maximum absolute atomic E-state index is 16.2. The van der Waals surface area contributed by atoms with Gasteiger partial charge in [0.25, 0.3) is 0 Å². The van der Waals surface area contributed by atoms with Gasteiger partial charge in [0.15, 0.2) is 0 Å². The van der Waals surface area contributed by atoms with E-state index in [9.17, 15) is 20.1 Å². The number of alkyl halides is 1. The second-order valence-corrected chi connectivity index (χ2v) is 12.0. The number of halogens is 1. The molecule has 0 aromatic heterocycles. The molecule has 35 heavy (non-hydrogen) atoms. The molecule has 3 fully saturated rings. The molecule has 3 aliphatic rings. The van der Waals surface area contributed by atoms with Crippen LogP contribution in [-0.2, 0) is 9.53 Å². The number of carbonyl (C=O) groups excluding carboxylic acids is 1. The third-order valence-corrected chi connectivity index (χ3v) is 8.86. The Balaban J connectivity index is 1.76. The van der Waals surface area contributed by atoms with Gasteiger partial charge in [0, 0.05) is 5.92 Å². The number of hydrogen-bond donors (Lipinski definition) is 3. The molecule has 0 bridgehead atoms. The number of hydrogen-bond acceptors (Lipinski definition) is 5. The maximum Gasteiger partial charge on any atom is 0.314 e. The minimum Gasteiger partial charge on any atom is -0.465 e. The van der Waals surface area contributed by atoms with Crippen molar-refractivity contribution in [3.05, 3.63) is 35.5 Å². The quantitative estimate of drug-likeness (QED) is 0.336. The summed E-state index contributed by atoms with van der Waals surface area (Å²) in [4.78, 5) is 12.2. The van der Waals surface area contributed by atoms with Gasteiger partial charge in [-0.1, -0.05) is 36.3 Å². The largest absolute Gasteiger partial charge is 0.465 e. The van der Waals surface area contributed by atoms with Gasteiger partial charge in [0.2, 0.25) is 0 Å². The van der Waals surface area contributed by atoms with Crippen LogP contribution in [0.5, 0.6) is 0 Å². The summed E-state index contributed by atoms with van der Waals surface area (Å²) in [5.41, 5.74) is -0.551. The lowest BCUT2D eigenvalue weighted by Crippen LogP contribution is -2.42. The van der Waals surface area contributed by atoms with Crippen LogP contribution in [0.15, 0.2) is 35.5 Å². The summed E-state index contributed by atoms with van der Waals surface area (Å²) in [5, 5.41) is 30.6. The van der Waals surface area contributed by atoms with Crippen molar-refractivity contribution in [3.8, 4) is 0 Å². The Morgan fingerprint density at radius 3 is 2.49 bits per heavy atom. The Bertz CT molecular complexity index is 845. The van der Waals surface area contributed by atoms with Crippen molar-refractivity contribution < 1.29 is 29.2 Å². The molecule has 198 valence electrons. The summed E-state index contributed by atoms with van der Waals surface area (Å²) >= 11 is 0. The van der Waals surface area contributed by atoms with E-state index in [1.54, 1.807) is 27.7 Å². The molecule has 0 unspecified atom stereocenters. The molecule has 0 radical (unpaired) electrons. The van der Waals surface area contributed by atoms with E-state index in [0.717, 1.165) is 37.7 Å². The molecule has 0 aromatic rings. The van der Waals surface area contributed by atoms with E-state index in [1.807, 2.05) is 0 Å². The van der Waals surface area contributed by atoms with E-state index in [0.29, 0.717) is 25.2 Å². The van der Waals surface area contributed by atoms with E-state index >= 15 is 4.39 Å². The van der Waals surface area contributed by atoms with Crippen molar-refractivity contribution in [1.82, 2.24) is 0 Å². The Labute approximate surface area is 210 Å². The number of ether oxygens (including phenoxy) is 1. The van der Waals surface area contributed by atoms with Crippen LogP contribution >= 0.6 is 0 Å². The van der Waals surface area contributed by atoms with Crippen molar-refractivity contribution in [2.45, 2.75) is 110 Å². The number of carbonyl (C=O) groups is 1. The molecular formula is C29H45FO5. The second kappa shape index (κ2) is 10.9. The highest BCUT2D eigenvalue weighted by Gasteiger charge is 2.55. The molecule has 0 spiro atoms. The first kappa shape index (κ1) is 28.1. The van der Waals surface area contributed by atoms with Crippen LogP contribution in [0.25, 0.3) is 0 Å². The van der Waals surface area contributed by atoms with Crippen LogP contribution in [0.3, 0.4) is 0 Å². The van der Waals surface area contributed by atoms with E-state index < -0.39 is 35.4 Å². The topological polar surface area (TPSA) is 87.0 Å². The fourth-order valence-corrected chi connectivity index (χ4v) is 6.77. The highest BCUT2D eigenvalue weighted by molar-refractivity contribution is 5.77. The maximum atomic E-state index is 16.2. The van der Waals surface area contributed by atoms with Gasteiger partial charge >= 0.3 is 5.97 Å². The van der Waals surface area contributed by atoms with Crippen LogP contribution < -0.4 is 0 Å². The first-order valence-corrected chi connectivity index (χ1v) is 13.3. The van der Waals surface area contributed by atoms with Crippen molar-refractivity contribution in [2.24, 2.45) is 22.7 Å². The molecule has 6 heteroatoms. The van der Waals surface area contributed by atoms with Crippen LogP contribution in [-0.4, -0.2) is 51.9 Å². The van der Waals surface area contributed by atoms with Gasteiger partial charge in [0.05, 0.1) is 30.3 Å². The smallest absolute Gasteiger partial charge is 0.314 e. The molecule has 0 heterocycles. The highest BCUT2D eigenvalue weighted by Crippen LogP contribution is 2.61. The third kappa shape index (κ3) is 6.08. The summed E-state index contributed by atoms with van der Waals surface area (Å²) in [6.45, 7) is 8.97. The number of esters is 1. The lowest BCUT2D eigenvalue weighted by molar-refractivity contribution is -0.158. The first-order valence-electron chi connectivity index (χ1n) is 13.3. The molecule has 0 aromatic carbocycles. The van der Waals surface area contributed by atoms with Gasteiger partial charge in [0.1, 0.15) is 5.67 Å². The lowest BCUT2D eigenvalue weighted by Gasteiger charge is -2.45. The zero-order valence-corrected chi connectivity index (χ0v) is 22.1. The molecular weight excluding hydrogens is 447 g/mol. The predicted molar refractivity (Wildman–Crippen MR) is 135 cm³/mol. The molecule has 3 aliphatic carbocycles. The Morgan fingerprint density at radius 1 is 1.20 bits per heavy atom. The van der Waals surface area contributed by atoms with Crippen LogP contribution in [0.4, 0.5) is 4.39 Å². The highest BCUT2D eigenvalue weighted by atomic mass is 19.1. The standard InChI is InChI=1S/C29H45FO5/c1-6-35-26(34)27(2,3)25(33)13-15-29(5,30)24-12-11-23-20(8-7-14-28(23,24)4)10-9-19-16-21(31)18-22(32)17-19/h9-10,13,15,21-25,31-33H,6-8,11-12,14,16-18H2,1-5H3/b15-13+,20-10+/t21-,22-,23+,24+,25-,28+,29+/m1/s1. The van der Waals surface area contributed by atoms with Crippen LogP contribution in [0.2, 0.25) is 0 Å². The molecule has 3 saturated carbocycles. The molecule has 7 atom stereocenters. The SMILES string of the molecule is CCOC(=O)C(C)(C)[C@H](O)/C=C/[C@](C)(F)[C@H]1CC[C@H]2/C(=C/C=C3C[C@@H](O)C[C@H](O)C3)CCC[C@@]21C. The molecule has 0 amide bonds. The van der Waals surface area contributed by atoms with Gasteiger partial charge in [-0.2, -0.15) is 0 Å². The lowest BCUT2D eigenvalue weighted by atomic mass is 9.60. The molecule has 3 N–H and O–H groups in total. The summed E-state index contributed by atoms with van der Waals surface area (Å²) in [5.74, 6) is -0.399. The van der Waals surface area contributed by atoms with Crippen molar-refractivity contribution >= 4 is 5.97 Å². The fraction of sp³-hybridized carbons (Fsp3) is 0.759. The summed E-state index contributed by atoms with van der Waals surface area (Å²) in [6, 6.07) is 0. The summed E-state index contributed by atoms with van der Waals surface area (Å²) in [6.07, 6.45) is 11.3. The molecule has 0 saturated heterocycles. The summed E-state index contributed by atoms with van der Waals surface area (Å²) < 4.78 is 21.3. The van der Waals surface area contributed by atoms with Crippen LogP contribution in [0, 0.1) is 22.7 Å². The Hall–Kier alpha value is -1.50. The number of allylic oxidation sites excluding steroid dienone is 4. The number of fused-ring (bicyclic) bond motifs is 1. The fourth-order valence-electron chi connectivity index (χ4n) is 6.77. The van der Waals surface area contributed by atoms with Gasteiger partial charge in [-0.25, -0.2) is 4.39 Å². The molecule has 3 rings (SSSR count). The predicted octanol–water partition coefficient (Wildman–Crippen LogP) is 5.20. The number of aliphatic hydroxyl groups excluding tert-OH is 3. The van der Waals surface area contributed by atoms with Gasteiger partial charge < -0.3 is 20.1 Å². The van der Waals surface area contributed by atoms with Gasteiger partial charge in [-0.05, 0) is 96.5 Å². The average molecular weight is 493 g/mol. The van der Waals surface area contributed by atoms with Crippen molar-refractivity contribution in [3.63, 3.8) is 0 Å². The first-order chi connectivity index (χ1) is 16.3. The number of rotatable bonds is 7. The van der Waals surface area contributed by atoms with Crippen molar-refractivity contribution in [1.29, 1.82) is 0 Å². The van der Waals surface area contributed by atoms with Gasteiger partial charge in [-0.3, -0.25) is 4.79 Å². The van der Waals surface area contributed by atoms with Crippen LogP contribution in [0.1, 0.15) is 86.0 Å². The second-order valence-electron chi connectivity index (χ2n) is 12.0. The van der Waals surface area contributed by atoms with E-state index in [4.69, 9.17) is 4.74 Å². The average Bonchev–Trinajstić information content (AvgIpc) is 3.14. The monoisotopic (exact) mass is 492 g/mol. The summed E-state index contributed by atoms with van der Waals surface area (Å²) in [7, 11) is 0. The molecule has 5 nitrogen and oxygen atoms in total. The Morgan fingerprint density at radius 2 is 1.86 bits per heavy atom. The zero-order chi connectivity index (χ0) is 26.0. The van der Waals surface area contributed by atoms with E-state index in [1.165, 1.54) is 17.7 Å². The van der Waals surface area contributed by atoms with Crippen molar-refractivity contribution in [2.75, 3.05) is 6.61 Å².